The van der Waals surface area contributed by atoms with Gasteiger partial charge in [0.2, 0.25) is 5.78 Å². The van der Waals surface area contributed by atoms with Crippen LogP contribution in [0.15, 0.2) is 48.2 Å². The molecule has 1 aliphatic rings. The van der Waals surface area contributed by atoms with Crippen LogP contribution in [0, 0.1) is 5.92 Å². The quantitative estimate of drug-likeness (QED) is 0.352. The summed E-state index contributed by atoms with van der Waals surface area (Å²) in [6, 6.07) is 9.15. The molecule has 35 heavy (non-hydrogen) atoms. The number of ketones is 1. The van der Waals surface area contributed by atoms with Crippen molar-refractivity contribution in [2.75, 3.05) is 11.9 Å². The highest BCUT2D eigenvalue weighted by atomic mass is 35.5. The monoisotopic (exact) mass is 535 g/mol. The Hall–Kier alpha value is -2.41. The van der Waals surface area contributed by atoms with E-state index in [0.29, 0.717) is 27.7 Å². The number of anilines is 1. The van der Waals surface area contributed by atoms with Crippen molar-refractivity contribution in [2.24, 2.45) is 16.8 Å². The molecule has 9 nitrogen and oxygen atoms in total. The van der Waals surface area contributed by atoms with Crippen LogP contribution in [0.1, 0.15) is 52.5 Å². The summed E-state index contributed by atoms with van der Waals surface area (Å²) in [7, 11) is -3.97. The fourth-order valence-corrected chi connectivity index (χ4v) is 5.74. The van der Waals surface area contributed by atoms with Crippen LogP contribution < -0.4 is 16.2 Å². The van der Waals surface area contributed by atoms with Gasteiger partial charge in [0.25, 0.3) is 0 Å². The molecule has 186 valence electrons. The van der Waals surface area contributed by atoms with E-state index in [9.17, 15) is 13.2 Å². The van der Waals surface area contributed by atoms with Gasteiger partial charge in [0.05, 0.1) is 22.6 Å². The van der Waals surface area contributed by atoms with Crippen LogP contribution in [0.4, 0.5) is 5.82 Å². The standard InChI is InChI=1S/C23H26ClN5O4S2/c1-23(25,15-3-2-4-17(24)8-15)16-9-20(34-12-16)21(30)19-10-27-13-28-22(19)29-18-6-5-14(7-18)11-33-35(26,31)32/h2-4,8-10,12-14,18H,5-7,11,25H2,1H3,(H2,26,31,32)(H,27,28,29)/t14-,18+,23?/m1/s1. The molecular formula is C23H26ClN5O4S2. The maximum Gasteiger partial charge on any atom is 0.333 e. The molecule has 0 aliphatic heterocycles. The lowest BCUT2D eigenvalue weighted by Crippen LogP contribution is -2.33. The molecule has 0 amide bonds. The normalized spacial score (nSPS) is 19.9. The molecular weight excluding hydrogens is 510 g/mol. The van der Waals surface area contributed by atoms with Gasteiger partial charge in [-0.3, -0.25) is 8.98 Å². The Morgan fingerprint density at radius 2 is 2.11 bits per heavy atom. The third-order valence-electron chi connectivity index (χ3n) is 6.15. The summed E-state index contributed by atoms with van der Waals surface area (Å²) >= 11 is 7.45. The lowest BCUT2D eigenvalue weighted by molar-refractivity contribution is 0.104. The number of nitrogens with zero attached hydrogens (tertiary/aromatic N) is 2. The van der Waals surface area contributed by atoms with Crippen LogP contribution in [0.5, 0.6) is 0 Å². The number of benzene rings is 1. The fourth-order valence-electron chi connectivity index (χ4n) is 4.19. The molecule has 2 aromatic heterocycles. The number of hydrogen-bond donors (Lipinski definition) is 3. The number of thiophene rings is 1. The van der Waals surface area contributed by atoms with Crippen LogP contribution in [-0.4, -0.2) is 36.8 Å². The molecule has 1 aliphatic carbocycles. The summed E-state index contributed by atoms with van der Waals surface area (Å²) in [6.07, 6.45) is 5.10. The van der Waals surface area contributed by atoms with Gasteiger partial charge in [0.15, 0.2) is 0 Å². The highest BCUT2D eigenvalue weighted by Gasteiger charge is 2.29. The molecule has 0 spiro atoms. The van der Waals surface area contributed by atoms with Gasteiger partial charge in [-0.05, 0) is 66.8 Å². The van der Waals surface area contributed by atoms with Crippen molar-refractivity contribution in [2.45, 2.75) is 37.8 Å². The zero-order valence-corrected chi connectivity index (χ0v) is 21.4. The van der Waals surface area contributed by atoms with E-state index in [1.54, 1.807) is 12.1 Å². The molecule has 3 aromatic rings. The van der Waals surface area contributed by atoms with E-state index >= 15 is 0 Å². The minimum absolute atomic E-state index is 0.0135. The summed E-state index contributed by atoms with van der Waals surface area (Å²) in [6.45, 7) is 1.92. The first kappa shape index (κ1) is 25.7. The third-order valence-corrected chi connectivity index (χ3v) is 7.78. The van der Waals surface area contributed by atoms with Crippen molar-refractivity contribution in [3.05, 3.63) is 74.8 Å². The van der Waals surface area contributed by atoms with Crippen LogP contribution in [-0.2, 0) is 20.0 Å². The largest absolute Gasteiger partial charge is 0.367 e. The second kappa shape index (κ2) is 10.3. The lowest BCUT2D eigenvalue weighted by Gasteiger charge is -2.24. The maximum absolute atomic E-state index is 13.4. The van der Waals surface area contributed by atoms with E-state index in [-0.39, 0.29) is 24.3 Å². The Labute approximate surface area is 213 Å². The minimum atomic E-state index is -3.97. The summed E-state index contributed by atoms with van der Waals surface area (Å²) in [4.78, 5) is 22.2. The van der Waals surface area contributed by atoms with E-state index < -0.39 is 15.8 Å². The van der Waals surface area contributed by atoms with Gasteiger partial charge in [-0.25, -0.2) is 15.1 Å². The zero-order chi connectivity index (χ0) is 25.2. The first-order valence-corrected chi connectivity index (χ1v) is 13.7. The maximum atomic E-state index is 13.4. The third kappa shape index (κ3) is 6.24. The van der Waals surface area contributed by atoms with E-state index in [1.807, 2.05) is 30.5 Å². The van der Waals surface area contributed by atoms with E-state index in [0.717, 1.165) is 24.0 Å². The van der Waals surface area contributed by atoms with E-state index in [2.05, 4.69) is 15.3 Å². The minimum Gasteiger partial charge on any atom is -0.367 e. The number of nitrogens with two attached hydrogens (primary N) is 2. The SMILES string of the molecule is CC(N)(c1cccc(Cl)c1)c1csc(C(=O)c2cncnc2N[C@H]2CC[C@@H](COS(N)(=O)=O)C2)c1. The number of carbonyl (C=O) groups is 1. The zero-order valence-electron chi connectivity index (χ0n) is 19.0. The molecule has 0 bridgehead atoms. The first-order valence-electron chi connectivity index (χ1n) is 11.0. The second-order valence-corrected chi connectivity index (χ2v) is 11.4. The molecule has 4 rings (SSSR count). The van der Waals surface area contributed by atoms with Crippen molar-refractivity contribution in [3.63, 3.8) is 0 Å². The Balaban J connectivity index is 1.49. The molecule has 1 fully saturated rings. The van der Waals surface area contributed by atoms with Crippen LogP contribution in [0.2, 0.25) is 5.02 Å². The summed E-state index contributed by atoms with van der Waals surface area (Å²) in [5, 5.41) is 10.7. The van der Waals surface area contributed by atoms with E-state index in [4.69, 9.17) is 26.7 Å². The molecule has 0 saturated heterocycles. The predicted molar refractivity (Wildman–Crippen MR) is 136 cm³/mol. The van der Waals surface area contributed by atoms with Crippen molar-refractivity contribution < 1.29 is 17.4 Å². The van der Waals surface area contributed by atoms with Crippen molar-refractivity contribution >= 4 is 44.8 Å². The van der Waals surface area contributed by atoms with E-state index in [1.165, 1.54) is 23.9 Å². The van der Waals surface area contributed by atoms with Gasteiger partial charge in [0, 0.05) is 17.3 Å². The smallest absolute Gasteiger partial charge is 0.333 e. The molecule has 1 aromatic carbocycles. The predicted octanol–water partition coefficient (Wildman–Crippen LogP) is 3.45. The van der Waals surface area contributed by atoms with Gasteiger partial charge in [-0.2, -0.15) is 8.42 Å². The Bertz CT molecular complexity index is 1330. The van der Waals surface area contributed by atoms with Gasteiger partial charge >= 0.3 is 10.3 Å². The topological polar surface area (TPSA) is 150 Å². The molecule has 0 radical (unpaired) electrons. The highest BCUT2D eigenvalue weighted by Crippen LogP contribution is 2.33. The van der Waals surface area contributed by atoms with Crippen LogP contribution in [0.25, 0.3) is 0 Å². The Morgan fingerprint density at radius 1 is 1.31 bits per heavy atom. The fraction of sp³-hybridized carbons (Fsp3) is 0.348. The molecule has 1 saturated carbocycles. The molecule has 3 atom stereocenters. The molecule has 12 heteroatoms. The van der Waals surface area contributed by atoms with Crippen molar-refractivity contribution in [1.82, 2.24) is 9.97 Å². The molecule has 2 heterocycles. The van der Waals surface area contributed by atoms with Crippen molar-refractivity contribution in [3.8, 4) is 0 Å². The van der Waals surface area contributed by atoms with Crippen LogP contribution in [0.3, 0.4) is 0 Å². The summed E-state index contributed by atoms with van der Waals surface area (Å²) in [5.74, 6) is 0.266. The average Bonchev–Trinajstić information content (AvgIpc) is 3.48. The molecule has 5 N–H and O–H groups in total. The second-order valence-electron chi connectivity index (χ2n) is 8.82. The number of rotatable bonds is 9. The highest BCUT2D eigenvalue weighted by molar-refractivity contribution is 7.84. The molecule has 1 unspecified atom stereocenters. The van der Waals surface area contributed by atoms with Crippen LogP contribution >= 0.6 is 22.9 Å². The van der Waals surface area contributed by atoms with Crippen molar-refractivity contribution in [1.29, 1.82) is 0 Å². The van der Waals surface area contributed by atoms with Gasteiger partial charge in [0.1, 0.15) is 12.1 Å². The number of aromatic nitrogens is 2. The van der Waals surface area contributed by atoms with Gasteiger partial charge < -0.3 is 11.1 Å². The summed E-state index contributed by atoms with van der Waals surface area (Å²) in [5.41, 5.74) is 7.79. The number of halogens is 1. The number of nitrogens with one attached hydrogen (secondary N) is 1. The Morgan fingerprint density at radius 3 is 2.86 bits per heavy atom. The van der Waals surface area contributed by atoms with Gasteiger partial charge in [-0.15, -0.1) is 11.3 Å². The first-order chi connectivity index (χ1) is 16.5. The summed E-state index contributed by atoms with van der Waals surface area (Å²) < 4.78 is 26.8. The lowest BCUT2D eigenvalue weighted by atomic mass is 9.87. The average molecular weight is 536 g/mol. The number of hydrogen-bond acceptors (Lipinski definition) is 9. The van der Waals surface area contributed by atoms with Gasteiger partial charge in [-0.1, -0.05) is 23.7 Å². The number of carbonyl (C=O) groups excluding carboxylic acids is 1. The Kier molecular flexibility index (Phi) is 7.55.